The first-order valence-electron chi connectivity index (χ1n) is 5.94. The number of rotatable bonds is 8. The smallest absolute Gasteiger partial charge is 0.0704 e. The van der Waals surface area contributed by atoms with E-state index in [1.165, 1.54) is 32.1 Å². The molecular formula is C13H21OS. The van der Waals surface area contributed by atoms with Crippen LogP contribution in [0, 0.1) is 30.9 Å². The lowest BCUT2D eigenvalue weighted by Crippen LogP contribution is -2.06. The van der Waals surface area contributed by atoms with Gasteiger partial charge in [-0.2, -0.15) is 0 Å². The van der Waals surface area contributed by atoms with Gasteiger partial charge in [-0.3, -0.25) is 4.21 Å². The minimum atomic E-state index is -0.760. The van der Waals surface area contributed by atoms with E-state index in [4.69, 9.17) is 0 Å². The third-order valence-corrected chi connectivity index (χ3v) is 4.04. The molecule has 1 atom stereocenters. The van der Waals surface area contributed by atoms with E-state index in [2.05, 4.69) is 6.92 Å². The zero-order chi connectivity index (χ0) is 10.9. The van der Waals surface area contributed by atoms with Crippen molar-refractivity contribution in [3.8, 4) is 0 Å². The van der Waals surface area contributed by atoms with Crippen LogP contribution in [-0.2, 0) is 10.8 Å². The maximum Gasteiger partial charge on any atom is 0.0704 e. The van der Waals surface area contributed by atoms with Gasteiger partial charge in [0.15, 0.2) is 0 Å². The van der Waals surface area contributed by atoms with Crippen LogP contribution in [0.15, 0.2) is 0 Å². The van der Waals surface area contributed by atoms with Crippen molar-refractivity contribution in [1.29, 1.82) is 0 Å². The predicted octanol–water partition coefficient (Wildman–Crippen LogP) is 3.46. The molecule has 1 rings (SSSR count). The predicted molar refractivity (Wildman–Crippen MR) is 66.8 cm³/mol. The van der Waals surface area contributed by atoms with Crippen LogP contribution in [0.5, 0.6) is 0 Å². The summed E-state index contributed by atoms with van der Waals surface area (Å²) in [5, 5.41) is 0.989. The van der Waals surface area contributed by atoms with Crippen LogP contribution in [0.25, 0.3) is 0 Å². The third-order valence-electron chi connectivity index (χ3n) is 2.58. The third kappa shape index (κ3) is 5.70. The highest BCUT2D eigenvalue weighted by Crippen LogP contribution is 2.26. The lowest BCUT2D eigenvalue weighted by atomic mass is 10.1. The first-order chi connectivity index (χ1) is 7.34. The molecule has 0 aromatic heterocycles. The molecule has 85 valence electrons. The maximum absolute atomic E-state index is 11.7. The SMILES string of the molecule is CCCCCCCC[S@@](=O)[C]1[CH][CH][CH][CH]1. The number of unbranched alkanes of at least 4 members (excludes halogenated alkanes) is 5. The Kier molecular flexibility index (Phi) is 7.33. The number of hydrogen-bond donors (Lipinski definition) is 0. The summed E-state index contributed by atoms with van der Waals surface area (Å²) in [7, 11) is -0.760. The van der Waals surface area contributed by atoms with Crippen LogP contribution in [0.2, 0.25) is 0 Å². The average Bonchev–Trinajstić information content (AvgIpc) is 2.76. The lowest BCUT2D eigenvalue weighted by molar-refractivity contribution is 0.622. The molecule has 0 N–H and O–H groups in total. The van der Waals surface area contributed by atoms with Crippen molar-refractivity contribution in [2.24, 2.45) is 0 Å². The van der Waals surface area contributed by atoms with Gasteiger partial charge in [0.2, 0.25) is 0 Å². The van der Waals surface area contributed by atoms with Gasteiger partial charge in [-0.25, -0.2) is 0 Å². The second kappa shape index (κ2) is 8.32. The molecule has 1 fully saturated rings. The molecule has 1 nitrogen and oxygen atoms in total. The van der Waals surface area contributed by atoms with Crippen LogP contribution in [0.3, 0.4) is 0 Å². The molecule has 15 heavy (non-hydrogen) atoms. The van der Waals surface area contributed by atoms with E-state index in [0.29, 0.717) is 0 Å². The van der Waals surface area contributed by atoms with E-state index in [1.807, 2.05) is 25.7 Å². The monoisotopic (exact) mass is 225 g/mol. The van der Waals surface area contributed by atoms with Gasteiger partial charge in [0.05, 0.1) is 5.25 Å². The zero-order valence-corrected chi connectivity index (χ0v) is 10.4. The number of hydrogen-bond acceptors (Lipinski definition) is 1. The first-order valence-corrected chi connectivity index (χ1v) is 7.26. The van der Waals surface area contributed by atoms with E-state index < -0.39 is 10.8 Å². The van der Waals surface area contributed by atoms with Crippen molar-refractivity contribution in [2.45, 2.75) is 45.4 Å². The van der Waals surface area contributed by atoms with Crippen molar-refractivity contribution in [3.63, 3.8) is 0 Å². The van der Waals surface area contributed by atoms with Crippen molar-refractivity contribution in [3.05, 3.63) is 30.9 Å². The van der Waals surface area contributed by atoms with E-state index >= 15 is 0 Å². The topological polar surface area (TPSA) is 17.1 Å². The van der Waals surface area contributed by atoms with Crippen molar-refractivity contribution in [2.75, 3.05) is 5.75 Å². The molecule has 0 aromatic carbocycles. The van der Waals surface area contributed by atoms with Crippen LogP contribution in [0.4, 0.5) is 0 Å². The van der Waals surface area contributed by atoms with E-state index in [0.717, 1.165) is 17.4 Å². The second-order valence-electron chi connectivity index (χ2n) is 3.94. The Bertz CT molecular complexity index is 173. The molecule has 0 heterocycles. The minimum absolute atomic E-state index is 0.760. The van der Waals surface area contributed by atoms with Gasteiger partial charge in [0, 0.05) is 16.6 Å². The molecule has 5 radical (unpaired) electrons. The van der Waals surface area contributed by atoms with Gasteiger partial charge in [-0.05, 0) is 32.1 Å². The Hall–Kier alpha value is 0.150. The van der Waals surface area contributed by atoms with Gasteiger partial charge in [-0.1, -0.05) is 39.0 Å². The first kappa shape index (κ1) is 13.2. The summed E-state index contributed by atoms with van der Waals surface area (Å²) < 4.78 is 11.7. The van der Waals surface area contributed by atoms with Gasteiger partial charge < -0.3 is 0 Å². The van der Waals surface area contributed by atoms with Crippen LogP contribution < -0.4 is 0 Å². The van der Waals surface area contributed by atoms with Crippen LogP contribution in [-0.4, -0.2) is 9.96 Å². The highest BCUT2D eigenvalue weighted by Gasteiger charge is 2.22. The Morgan fingerprint density at radius 2 is 1.60 bits per heavy atom. The molecule has 0 saturated heterocycles. The summed E-state index contributed by atoms with van der Waals surface area (Å²) in [6.45, 7) is 2.23. The van der Waals surface area contributed by atoms with Crippen molar-refractivity contribution in [1.82, 2.24) is 0 Å². The van der Waals surface area contributed by atoms with Gasteiger partial charge in [0.25, 0.3) is 0 Å². The normalized spacial score (nSPS) is 19.5. The maximum atomic E-state index is 11.7. The summed E-state index contributed by atoms with van der Waals surface area (Å²) in [4.78, 5) is 0. The fourth-order valence-corrected chi connectivity index (χ4v) is 2.80. The molecule has 1 aliphatic carbocycles. The highest BCUT2D eigenvalue weighted by molar-refractivity contribution is 7.88. The minimum Gasteiger partial charge on any atom is -0.259 e. The largest absolute Gasteiger partial charge is 0.259 e. The Morgan fingerprint density at radius 3 is 2.27 bits per heavy atom. The lowest BCUT2D eigenvalue weighted by Gasteiger charge is -2.07. The molecular weight excluding hydrogens is 204 g/mol. The van der Waals surface area contributed by atoms with E-state index in [-0.39, 0.29) is 0 Å². The molecule has 0 bridgehead atoms. The molecule has 1 aliphatic rings. The summed E-state index contributed by atoms with van der Waals surface area (Å²) in [6, 6.07) is 0. The summed E-state index contributed by atoms with van der Waals surface area (Å²) in [5.74, 6) is 0.830. The molecule has 0 aromatic rings. The zero-order valence-electron chi connectivity index (χ0n) is 9.58. The molecule has 1 saturated carbocycles. The molecule has 2 heteroatoms. The molecule has 0 unspecified atom stereocenters. The van der Waals surface area contributed by atoms with E-state index in [9.17, 15) is 4.21 Å². The Labute approximate surface area is 97.5 Å². The molecule has 0 spiro atoms. The quantitative estimate of drug-likeness (QED) is 0.578. The summed E-state index contributed by atoms with van der Waals surface area (Å²) in [5.41, 5.74) is 0. The van der Waals surface area contributed by atoms with Gasteiger partial charge in [0.1, 0.15) is 0 Å². The molecule has 0 amide bonds. The van der Waals surface area contributed by atoms with Gasteiger partial charge in [-0.15, -0.1) is 0 Å². The fraction of sp³-hybridized carbons (Fsp3) is 0.615. The van der Waals surface area contributed by atoms with Crippen LogP contribution >= 0.6 is 0 Å². The summed E-state index contributed by atoms with van der Waals surface area (Å²) >= 11 is 0. The van der Waals surface area contributed by atoms with Gasteiger partial charge >= 0.3 is 0 Å². The Balaban J connectivity index is 1.92. The van der Waals surface area contributed by atoms with Crippen molar-refractivity contribution < 1.29 is 4.21 Å². The van der Waals surface area contributed by atoms with E-state index in [1.54, 1.807) is 0 Å². The molecule has 0 aliphatic heterocycles. The fourth-order valence-electron chi connectivity index (χ4n) is 1.64. The Morgan fingerprint density at radius 1 is 1.00 bits per heavy atom. The standard InChI is InChI=1S/C13H21OS/c1-2-3-4-5-6-9-12-15(14)13-10-7-8-11-13/h7-8,10-11H,2-6,9,12H2,1H3/t15-/m1/s1. The highest BCUT2D eigenvalue weighted by atomic mass is 32.2. The van der Waals surface area contributed by atoms with Crippen LogP contribution in [0.1, 0.15) is 45.4 Å². The summed E-state index contributed by atoms with van der Waals surface area (Å²) in [6.07, 6.45) is 15.4. The second-order valence-corrected chi connectivity index (χ2v) is 5.51. The van der Waals surface area contributed by atoms with Crippen molar-refractivity contribution >= 4 is 10.8 Å². The average molecular weight is 225 g/mol.